The van der Waals surface area contributed by atoms with E-state index in [1.165, 1.54) is 52.8 Å². The molecule has 0 bridgehead atoms. The van der Waals surface area contributed by atoms with Crippen molar-refractivity contribution >= 4 is 70.1 Å². The average Bonchev–Trinajstić information content (AvgIpc) is 3.44. The van der Waals surface area contributed by atoms with Gasteiger partial charge in [0.15, 0.2) is 0 Å². The monoisotopic (exact) mass is 557 g/mol. The van der Waals surface area contributed by atoms with Crippen LogP contribution in [0.5, 0.6) is 5.75 Å². The van der Waals surface area contributed by atoms with Crippen LogP contribution >= 0.6 is 11.3 Å². The zero-order valence-electron chi connectivity index (χ0n) is 23.1. The fraction of sp³-hybridized carbons (Fsp3) is 0.0256. The number of nitrogens with zero attached hydrogens (tertiary/aromatic N) is 1. The summed E-state index contributed by atoms with van der Waals surface area (Å²) in [6.45, 7) is 0. The van der Waals surface area contributed by atoms with Crippen molar-refractivity contribution in [1.82, 2.24) is 0 Å². The van der Waals surface area contributed by atoms with Crippen molar-refractivity contribution in [3.63, 3.8) is 0 Å². The molecule has 1 heterocycles. The highest BCUT2D eigenvalue weighted by Crippen LogP contribution is 2.49. The van der Waals surface area contributed by atoms with E-state index >= 15 is 0 Å². The first-order chi connectivity index (χ1) is 20.8. The first-order valence-corrected chi connectivity index (χ1v) is 15.0. The molecule has 8 aromatic rings. The molecule has 0 saturated heterocycles. The maximum atomic E-state index is 5.55. The van der Waals surface area contributed by atoms with Gasteiger partial charge in [-0.3, -0.25) is 0 Å². The second-order valence-corrected chi connectivity index (χ2v) is 11.6. The molecule has 0 aliphatic carbocycles. The Bertz CT molecular complexity index is 2250. The van der Waals surface area contributed by atoms with E-state index in [1.54, 1.807) is 7.11 Å². The van der Waals surface area contributed by atoms with Gasteiger partial charge in [-0.15, -0.1) is 11.3 Å². The Balaban J connectivity index is 1.48. The molecular formula is C39H27NOS. The minimum absolute atomic E-state index is 0.839. The highest BCUT2D eigenvalue weighted by Gasteiger charge is 2.22. The van der Waals surface area contributed by atoms with E-state index in [0.717, 1.165) is 22.8 Å². The molecule has 0 amide bonds. The third-order valence-electron chi connectivity index (χ3n) is 8.14. The lowest BCUT2D eigenvalue weighted by molar-refractivity contribution is 0.415. The topological polar surface area (TPSA) is 12.5 Å². The quantitative estimate of drug-likeness (QED) is 0.209. The highest BCUT2D eigenvalue weighted by molar-refractivity contribution is 7.26. The summed E-state index contributed by atoms with van der Waals surface area (Å²) in [7, 11) is 1.71. The minimum Gasteiger partial charge on any atom is -0.497 e. The van der Waals surface area contributed by atoms with Gasteiger partial charge in [0.25, 0.3) is 0 Å². The number of fused-ring (bicyclic) bond motifs is 5. The molecule has 0 aliphatic rings. The zero-order chi connectivity index (χ0) is 28.0. The lowest BCUT2D eigenvalue weighted by atomic mass is 9.93. The molecule has 0 atom stereocenters. The fourth-order valence-electron chi connectivity index (χ4n) is 6.18. The van der Waals surface area contributed by atoms with Crippen LogP contribution in [0.3, 0.4) is 0 Å². The third-order valence-corrected chi connectivity index (χ3v) is 9.27. The van der Waals surface area contributed by atoms with E-state index < -0.39 is 0 Å². The lowest BCUT2D eigenvalue weighted by Gasteiger charge is -2.29. The third kappa shape index (κ3) is 4.01. The molecule has 2 nitrogen and oxygen atoms in total. The van der Waals surface area contributed by atoms with Crippen LogP contribution in [0.15, 0.2) is 146 Å². The second-order valence-electron chi connectivity index (χ2n) is 10.5. The maximum absolute atomic E-state index is 5.55. The van der Waals surface area contributed by atoms with Crippen LogP contribution in [0.2, 0.25) is 0 Å². The summed E-state index contributed by atoms with van der Waals surface area (Å²) in [4.78, 5) is 2.43. The van der Waals surface area contributed by atoms with Crippen molar-refractivity contribution < 1.29 is 4.74 Å². The van der Waals surface area contributed by atoms with E-state index in [9.17, 15) is 0 Å². The van der Waals surface area contributed by atoms with Crippen LogP contribution in [0.1, 0.15) is 0 Å². The Labute approximate surface area is 248 Å². The van der Waals surface area contributed by atoms with E-state index in [0.29, 0.717) is 0 Å². The van der Waals surface area contributed by atoms with Gasteiger partial charge in [0.05, 0.1) is 18.5 Å². The van der Waals surface area contributed by atoms with Crippen LogP contribution in [0.25, 0.3) is 52.8 Å². The van der Waals surface area contributed by atoms with Crippen LogP contribution in [0.4, 0.5) is 17.1 Å². The Hall–Kier alpha value is -5.12. The van der Waals surface area contributed by atoms with Crippen LogP contribution in [0, 0.1) is 0 Å². The summed E-state index contributed by atoms with van der Waals surface area (Å²) in [6, 6.07) is 52.5. The molecule has 0 spiro atoms. The van der Waals surface area contributed by atoms with E-state index in [1.807, 2.05) is 23.5 Å². The van der Waals surface area contributed by atoms with Gasteiger partial charge < -0.3 is 9.64 Å². The summed E-state index contributed by atoms with van der Waals surface area (Å²) >= 11 is 1.85. The van der Waals surface area contributed by atoms with Crippen molar-refractivity contribution in [3.8, 4) is 16.9 Å². The first kappa shape index (κ1) is 24.7. The zero-order valence-corrected chi connectivity index (χ0v) is 23.9. The summed E-state index contributed by atoms with van der Waals surface area (Å²) < 4.78 is 8.12. The molecule has 0 unspecified atom stereocenters. The van der Waals surface area contributed by atoms with E-state index in [-0.39, 0.29) is 0 Å². The summed E-state index contributed by atoms with van der Waals surface area (Å²) in [5.74, 6) is 0.839. The molecule has 0 saturated carbocycles. The number of rotatable bonds is 5. The van der Waals surface area contributed by atoms with Gasteiger partial charge >= 0.3 is 0 Å². The molecular weight excluding hydrogens is 531 g/mol. The molecule has 42 heavy (non-hydrogen) atoms. The van der Waals surface area contributed by atoms with Crippen molar-refractivity contribution in [2.45, 2.75) is 0 Å². The van der Waals surface area contributed by atoms with Crippen molar-refractivity contribution in [1.29, 1.82) is 0 Å². The van der Waals surface area contributed by atoms with Crippen LogP contribution in [-0.4, -0.2) is 7.11 Å². The molecule has 200 valence electrons. The van der Waals surface area contributed by atoms with Gasteiger partial charge in [-0.05, 0) is 81.7 Å². The second kappa shape index (κ2) is 10.1. The highest BCUT2D eigenvalue weighted by atomic mass is 32.1. The van der Waals surface area contributed by atoms with E-state index in [4.69, 9.17) is 4.74 Å². The number of ether oxygens (including phenoxy) is 1. The first-order valence-electron chi connectivity index (χ1n) is 14.1. The Morgan fingerprint density at radius 3 is 2.05 bits per heavy atom. The van der Waals surface area contributed by atoms with Crippen LogP contribution < -0.4 is 9.64 Å². The van der Waals surface area contributed by atoms with Crippen molar-refractivity contribution in [2.75, 3.05) is 12.0 Å². The van der Waals surface area contributed by atoms with Crippen LogP contribution in [-0.2, 0) is 0 Å². The number of hydrogen-bond acceptors (Lipinski definition) is 3. The van der Waals surface area contributed by atoms with Crippen molar-refractivity contribution in [2.24, 2.45) is 0 Å². The lowest BCUT2D eigenvalue weighted by Crippen LogP contribution is -2.12. The standard InChI is InChI=1S/C39H27NOS/c1-41-31-22-20-30(21-23-31)40(34-14-8-16-37-39(34)33-13-6-7-15-36(33)42-37)35-24-19-27-10-4-5-12-32(27)38(35)29-18-17-26-9-2-3-11-28(26)25-29/h2-25H,1H3. The SMILES string of the molecule is COc1ccc(N(c2ccc3ccccc3c2-c2ccc3ccccc3c2)c2cccc3sc4ccccc4c23)cc1. The van der Waals surface area contributed by atoms with Gasteiger partial charge in [-0.25, -0.2) is 0 Å². The number of thiophene rings is 1. The molecule has 0 N–H and O–H groups in total. The van der Waals surface area contributed by atoms with Crippen molar-refractivity contribution in [3.05, 3.63) is 146 Å². The average molecular weight is 558 g/mol. The molecule has 0 fully saturated rings. The molecule has 8 rings (SSSR count). The van der Waals surface area contributed by atoms with Gasteiger partial charge in [0, 0.05) is 31.4 Å². The number of methoxy groups -OCH3 is 1. The van der Waals surface area contributed by atoms with Gasteiger partial charge in [-0.2, -0.15) is 0 Å². The Morgan fingerprint density at radius 1 is 0.524 bits per heavy atom. The smallest absolute Gasteiger partial charge is 0.119 e. The van der Waals surface area contributed by atoms with E-state index in [2.05, 4.69) is 138 Å². The summed E-state index contributed by atoms with van der Waals surface area (Å²) in [5.41, 5.74) is 5.79. The van der Waals surface area contributed by atoms with Gasteiger partial charge in [0.1, 0.15) is 5.75 Å². The number of hydrogen-bond donors (Lipinski definition) is 0. The number of anilines is 3. The Morgan fingerprint density at radius 2 is 1.21 bits per heavy atom. The molecule has 7 aromatic carbocycles. The molecule has 0 aliphatic heterocycles. The van der Waals surface area contributed by atoms with Gasteiger partial charge in [-0.1, -0.05) is 91.0 Å². The summed E-state index contributed by atoms with van der Waals surface area (Å²) in [6.07, 6.45) is 0. The predicted octanol–water partition coefficient (Wildman–Crippen LogP) is 11.5. The normalized spacial score (nSPS) is 11.5. The predicted molar refractivity (Wildman–Crippen MR) is 181 cm³/mol. The largest absolute Gasteiger partial charge is 0.497 e. The molecule has 1 aromatic heterocycles. The maximum Gasteiger partial charge on any atom is 0.119 e. The Kier molecular flexibility index (Phi) is 5.90. The minimum atomic E-state index is 0.839. The number of benzene rings is 7. The molecule has 3 heteroatoms. The molecule has 0 radical (unpaired) electrons. The fourth-order valence-corrected chi connectivity index (χ4v) is 7.30. The van der Waals surface area contributed by atoms with Gasteiger partial charge in [0.2, 0.25) is 0 Å². The summed E-state index contributed by atoms with van der Waals surface area (Å²) in [5, 5.41) is 7.47.